The van der Waals surface area contributed by atoms with Crippen molar-refractivity contribution in [2.75, 3.05) is 12.3 Å². The van der Waals surface area contributed by atoms with Crippen LogP contribution in [-0.2, 0) is 0 Å². The second-order valence-electron chi connectivity index (χ2n) is 4.04. The number of rotatable bonds is 5. The maximum absolute atomic E-state index is 11.5. The standard InChI is InChI=1S/C10H16N4O/c11-8-6-13-14-9(8)10(15)12-5-1-2-7-3-4-7/h6-7H,1-5,11H2,(H,12,15)(H,13,14). The van der Waals surface area contributed by atoms with Crippen molar-refractivity contribution < 1.29 is 4.79 Å². The Balaban J connectivity index is 1.69. The molecule has 4 N–H and O–H groups in total. The Morgan fingerprint density at radius 3 is 3.07 bits per heavy atom. The minimum Gasteiger partial charge on any atom is -0.396 e. The average molecular weight is 208 g/mol. The van der Waals surface area contributed by atoms with E-state index in [1.807, 2.05) is 0 Å². The molecule has 2 rings (SSSR count). The zero-order valence-corrected chi connectivity index (χ0v) is 8.62. The highest BCUT2D eigenvalue weighted by Crippen LogP contribution is 2.33. The van der Waals surface area contributed by atoms with Gasteiger partial charge in [0.1, 0.15) is 5.69 Å². The fourth-order valence-corrected chi connectivity index (χ4v) is 1.56. The fraction of sp³-hybridized carbons (Fsp3) is 0.600. The van der Waals surface area contributed by atoms with Gasteiger partial charge in [-0.05, 0) is 18.8 Å². The molecule has 0 aliphatic heterocycles. The minimum atomic E-state index is -0.166. The van der Waals surface area contributed by atoms with Gasteiger partial charge in [-0.1, -0.05) is 12.8 Å². The summed E-state index contributed by atoms with van der Waals surface area (Å²) in [7, 11) is 0. The number of nitrogen functional groups attached to an aromatic ring is 1. The van der Waals surface area contributed by atoms with Crippen molar-refractivity contribution in [3.05, 3.63) is 11.9 Å². The summed E-state index contributed by atoms with van der Waals surface area (Å²) in [5.41, 5.74) is 6.31. The molecular formula is C10H16N4O. The number of anilines is 1. The summed E-state index contributed by atoms with van der Waals surface area (Å²) in [6.45, 7) is 0.716. The molecule has 1 aromatic heterocycles. The first-order valence-electron chi connectivity index (χ1n) is 5.34. The van der Waals surface area contributed by atoms with Gasteiger partial charge >= 0.3 is 0 Å². The van der Waals surface area contributed by atoms with Crippen LogP contribution in [-0.4, -0.2) is 22.6 Å². The van der Waals surface area contributed by atoms with Crippen LogP contribution in [0.1, 0.15) is 36.2 Å². The number of H-pyrrole nitrogens is 1. The lowest BCUT2D eigenvalue weighted by molar-refractivity contribution is 0.0948. The number of nitrogens with zero attached hydrogens (tertiary/aromatic N) is 1. The van der Waals surface area contributed by atoms with Gasteiger partial charge in [-0.15, -0.1) is 0 Å². The fourth-order valence-electron chi connectivity index (χ4n) is 1.56. The normalized spacial score (nSPS) is 15.2. The van der Waals surface area contributed by atoms with Crippen molar-refractivity contribution in [1.82, 2.24) is 15.5 Å². The first-order valence-corrected chi connectivity index (χ1v) is 5.34. The number of carbonyl (C=O) groups excluding carboxylic acids is 1. The maximum atomic E-state index is 11.5. The predicted molar refractivity (Wildman–Crippen MR) is 57.3 cm³/mol. The Morgan fingerprint density at radius 2 is 2.47 bits per heavy atom. The van der Waals surface area contributed by atoms with Gasteiger partial charge in [-0.2, -0.15) is 5.10 Å². The number of aromatic amines is 1. The average Bonchev–Trinajstić information content (AvgIpc) is 2.94. The van der Waals surface area contributed by atoms with Crippen LogP contribution >= 0.6 is 0 Å². The summed E-state index contributed by atoms with van der Waals surface area (Å²) in [5, 5.41) is 9.10. The number of aromatic nitrogens is 2. The lowest BCUT2D eigenvalue weighted by atomic mass is 10.2. The van der Waals surface area contributed by atoms with E-state index in [0.717, 1.165) is 12.3 Å². The first-order chi connectivity index (χ1) is 7.27. The second kappa shape index (κ2) is 4.33. The zero-order chi connectivity index (χ0) is 10.7. The predicted octanol–water partition coefficient (Wildman–Crippen LogP) is 0.912. The highest BCUT2D eigenvalue weighted by Gasteiger charge is 2.20. The molecule has 15 heavy (non-hydrogen) atoms. The lowest BCUT2D eigenvalue weighted by Crippen LogP contribution is -2.25. The Kier molecular flexibility index (Phi) is 2.89. The summed E-state index contributed by atoms with van der Waals surface area (Å²) in [4.78, 5) is 11.5. The molecular weight excluding hydrogens is 192 g/mol. The van der Waals surface area contributed by atoms with Crippen LogP contribution in [0.3, 0.4) is 0 Å². The molecule has 5 nitrogen and oxygen atoms in total. The third-order valence-corrected chi connectivity index (χ3v) is 2.67. The summed E-state index contributed by atoms with van der Waals surface area (Å²) in [6.07, 6.45) is 6.44. The van der Waals surface area contributed by atoms with Crippen molar-refractivity contribution in [2.45, 2.75) is 25.7 Å². The summed E-state index contributed by atoms with van der Waals surface area (Å²) >= 11 is 0. The smallest absolute Gasteiger partial charge is 0.271 e. The SMILES string of the molecule is Nc1cn[nH]c1C(=O)NCCCC1CC1. The Labute approximate surface area is 88.4 Å². The summed E-state index contributed by atoms with van der Waals surface area (Å²) < 4.78 is 0. The zero-order valence-electron chi connectivity index (χ0n) is 8.62. The number of carbonyl (C=O) groups is 1. The van der Waals surface area contributed by atoms with E-state index in [-0.39, 0.29) is 5.91 Å². The van der Waals surface area contributed by atoms with E-state index in [1.54, 1.807) is 0 Å². The molecule has 0 atom stereocenters. The van der Waals surface area contributed by atoms with Crippen LogP contribution in [0.25, 0.3) is 0 Å². The molecule has 82 valence electrons. The van der Waals surface area contributed by atoms with Gasteiger partial charge in [-0.3, -0.25) is 9.89 Å². The largest absolute Gasteiger partial charge is 0.396 e. The van der Waals surface area contributed by atoms with Crippen LogP contribution < -0.4 is 11.1 Å². The molecule has 5 heteroatoms. The van der Waals surface area contributed by atoms with E-state index in [0.29, 0.717) is 17.9 Å². The Morgan fingerprint density at radius 1 is 1.67 bits per heavy atom. The van der Waals surface area contributed by atoms with E-state index in [4.69, 9.17) is 5.73 Å². The molecule has 1 aliphatic rings. The number of hydrogen-bond acceptors (Lipinski definition) is 3. The molecule has 0 saturated heterocycles. The molecule has 1 fully saturated rings. The molecule has 1 aliphatic carbocycles. The molecule has 0 unspecified atom stereocenters. The molecule has 0 bridgehead atoms. The van der Waals surface area contributed by atoms with Crippen molar-refractivity contribution in [3.8, 4) is 0 Å². The van der Waals surface area contributed by atoms with E-state index in [9.17, 15) is 4.79 Å². The molecule has 0 radical (unpaired) electrons. The highest BCUT2D eigenvalue weighted by molar-refractivity contribution is 5.96. The van der Waals surface area contributed by atoms with Crippen molar-refractivity contribution >= 4 is 11.6 Å². The van der Waals surface area contributed by atoms with Crippen LogP contribution in [0.5, 0.6) is 0 Å². The monoisotopic (exact) mass is 208 g/mol. The molecule has 0 aromatic carbocycles. The summed E-state index contributed by atoms with van der Waals surface area (Å²) in [6, 6.07) is 0. The number of hydrogen-bond donors (Lipinski definition) is 3. The maximum Gasteiger partial charge on any atom is 0.271 e. The third kappa shape index (κ3) is 2.71. The van der Waals surface area contributed by atoms with Crippen LogP contribution in [0.2, 0.25) is 0 Å². The molecule has 1 saturated carbocycles. The van der Waals surface area contributed by atoms with E-state index < -0.39 is 0 Å². The second-order valence-corrected chi connectivity index (χ2v) is 4.04. The van der Waals surface area contributed by atoms with Crippen LogP contribution in [0.15, 0.2) is 6.20 Å². The van der Waals surface area contributed by atoms with Gasteiger partial charge in [0, 0.05) is 6.54 Å². The van der Waals surface area contributed by atoms with Crippen molar-refractivity contribution in [1.29, 1.82) is 0 Å². The van der Waals surface area contributed by atoms with Gasteiger partial charge in [-0.25, -0.2) is 0 Å². The Bertz CT molecular complexity index is 343. The van der Waals surface area contributed by atoms with Crippen LogP contribution in [0, 0.1) is 5.92 Å². The van der Waals surface area contributed by atoms with Gasteiger partial charge in [0.15, 0.2) is 0 Å². The highest BCUT2D eigenvalue weighted by atomic mass is 16.1. The first kappa shape index (κ1) is 10.0. The number of nitrogens with one attached hydrogen (secondary N) is 2. The van der Waals surface area contributed by atoms with Crippen molar-refractivity contribution in [3.63, 3.8) is 0 Å². The molecule has 1 aromatic rings. The number of nitrogens with two attached hydrogens (primary N) is 1. The third-order valence-electron chi connectivity index (χ3n) is 2.67. The number of amides is 1. The van der Waals surface area contributed by atoms with Crippen molar-refractivity contribution in [2.24, 2.45) is 5.92 Å². The lowest BCUT2D eigenvalue weighted by Gasteiger charge is -2.03. The van der Waals surface area contributed by atoms with E-state index >= 15 is 0 Å². The molecule has 1 heterocycles. The van der Waals surface area contributed by atoms with Gasteiger partial charge < -0.3 is 11.1 Å². The van der Waals surface area contributed by atoms with Crippen LogP contribution in [0.4, 0.5) is 5.69 Å². The van der Waals surface area contributed by atoms with E-state index in [2.05, 4.69) is 15.5 Å². The summed E-state index contributed by atoms with van der Waals surface area (Å²) in [5.74, 6) is 0.750. The Hall–Kier alpha value is -1.52. The molecule has 1 amide bonds. The minimum absolute atomic E-state index is 0.166. The van der Waals surface area contributed by atoms with Gasteiger partial charge in [0.2, 0.25) is 0 Å². The molecule has 0 spiro atoms. The van der Waals surface area contributed by atoms with Gasteiger partial charge in [0.25, 0.3) is 5.91 Å². The quantitative estimate of drug-likeness (QED) is 0.629. The topological polar surface area (TPSA) is 83.8 Å². The van der Waals surface area contributed by atoms with E-state index in [1.165, 1.54) is 25.5 Å². The van der Waals surface area contributed by atoms with Gasteiger partial charge in [0.05, 0.1) is 11.9 Å².